The average Bonchev–Trinajstić information content (AvgIpc) is 2.56. The van der Waals surface area contributed by atoms with Crippen LogP contribution in [0, 0.1) is 0 Å². The van der Waals surface area contributed by atoms with Crippen LogP contribution in [0.1, 0.15) is 54.0 Å². The summed E-state index contributed by atoms with van der Waals surface area (Å²) in [5.74, 6) is -2.88. The molecule has 1 aliphatic rings. The Labute approximate surface area is 153 Å². The molecule has 11 heteroatoms. The first-order chi connectivity index (χ1) is 13.4. The molecule has 0 aromatic carbocycles. The fourth-order valence-electron chi connectivity index (χ4n) is 2.15. The molecule has 3 atom stereocenters. The summed E-state index contributed by atoms with van der Waals surface area (Å²) >= 11 is 0. The van der Waals surface area contributed by atoms with E-state index in [0.717, 1.165) is 20.0 Å². The van der Waals surface area contributed by atoms with Crippen LogP contribution in [0.15, 0.2) is 6.20 Å². The Morgan fingerprint density at radius 1 is 1.23 bits per heavy atom. The molecule has 0 bridgehead atoms. The van der Waals surface area contributed by atoms with Crippen molar-refractivity contribution in [2.45, 2.75) is 46.1 Å². The first-order valence-electron chi connectivity index (χ1n) is 8.94. The molecule has 0 spiro atoms. The van der Waals surface area contributed by atoms with Gasteiger partial charge in [0, 0.05) is 24.9 Å². The number of fused-ring (bicyclic) bond motifs is 1. The summed E-state index contributed by atoms with van der Waals surface area (Å²) in [7, 11) is 0. The largest absolute Gasteiger partial charge is 0.458 e. The lowest BCUT2D eigenvalue weighted by Gasteiger charge is -2.28. The smallest absolute Gasteiger partial charge is 0.303 e. The maximum Gasteiger partial charge on any atom is 0.303 e. The van der Waals surface area contributed by atoms with Gasteiger partial charge in [-0.05, 0) is 6.85 Å². The van der Waals surface area contributed by atoms with Crippen LogP contribution >= 0.6 is 0 Å². The van der Waals surface area contributed by atoms with Gasteiger partial charge in [0.25, 0.3) is 5.91 Å². The van der Waals surface area contributed by atoms with Crippen LogP contribution in [0.25, 0.3) is 0 Å². The van der Waals surface area contributed by atoms with E-state index < -0.39 is 49.1 Å². The van der Waals surface area contributed by atoms with Gasteiger partial charge in [-0.3, -0.25) is 19.2 Å². The van der Waals surface area contributed by atoms with Crippen molar-refractivity contribution in [1.82, 2.24) is 20.6 Å². The second kappa shape index (κ2) is 7.76. The van der Waals surface area contributed by atoms with Gasteiger partial charge in [-0.25, -0.2) is 9.97 Å². The zero-order valence-corrected chi connectivity index (χ0v) is 14.2. The molecule has 2 heterocycles. The molecule has 1 aliphatic heterocycles. The van der Waals surface area contributed by atoms with Crippen LogP contribution in [-0.4, -0.2) is 46.1 Å². The van der Waals surface area contributed by atoms with Crippen molar-refractivity contribution in [3.63, 3.8) is 0 Å². The number of nitrogens with one attached hydrogen (secondary N) is 3. The molecule has 3 N–H and O–H groups in total. The fourth-order valence-corrected chi connectivity index (χ4v) is 2.15. The van der Waals surface area contributed by atoms with Gasteiger partial charge in [0.05, 0.1) is 6.20 Å². The summed E-state index contributed by atoms with van der Waals surface area (Å²) in [6, 6.07) is 0. The van der Waals surface area contributed by atoms with Crippen molar-refractivity contribution in [3.05, 3.63) is 17.6 Å². The first-order valence-corrected chi connectivity index (χ1v) is 7.44. The summed E-state index contributed by atoms with van der Waals surface area (Å²) in [5.41, 5.74) is -0.440. The van der Waals surface area contributed by atoms with Crippen molar-refractivity contribution >= 4 is 29.6 Å². The average molecular weight is 368 g/mol. The topological polar surface area (TPSA) is 149 Å². The molecule has 2 amide bonds. The molecule has 1 aromatic heterocycles. The monoisotopic (exact) mass is 368 g/mol. The summed E-state index contributed by atoms with van der Waals surface area (Å²) in [6.07, 6.45) is -3.36. The van der Waals surface area contributed by atoms with E-state index in [2.05, 4.69) is 25.9 Å². The predicted octanol–water partition coefficient (Wildman–Crippen LogP) is -0.393. The number of hydrogen-bond donors (Lipinski definition) is 3. The van der Waals surface area contributed by atoms with E-state index in [4.69, 9.17) is 13.6 Å². The van der Waals surface area contributed by atoms with Crippen molar-refractivity contribution in [2.75, 3.05) is 5.32 Å². The second-order valence-corrected chi connectivity index (χ2v) is 5.30. The van der Waals surface area contributed by atoms with E-state index in [9.17, 15) is 19.2 Å². The number of carbonyl (C=O) groups excluding carboxylic acids is 4. The van der Waals surface area contributed by atoms with Crippen molar-refractivity contribution in [1.29, 1.82) is 0 Å². The van der Waals surface area contributed by atoms with Crippen LogP contribution in [-0.2, 0) is 23.9 Å². The molecule has 0 aliphatic carbocycles. The van der Waals surface area contributed by atoms with E-state index in [1.54, 1.807) is 0 Å². The molecule has 11 nitrogen and oxygen atoms in total. The van der Waals surface area contributed by atoms with Crippen molar-refractivity contribution in [2.24, 2.45) is 0 Å². The summed E-state index contributed by atoms with van der Waals surface area (Å²) in [6.45, 7) is 0.434. The minimum Gasteiger partial charge on any atom is -0.458 e. The number of ether oxygens (including phenoxy) is 2. The molecule has 0 radical (unpaired) electrons. The zero-order valence-electron chi connectivity index (χ0n) is 17.2. The molecular weight excluding hydrogens is 346 g/mol. The van der Waals surface area contributed by atoms with E-state index >= 15 is 0 Å². The molecule has 0 fully saturated rings. The van der Waals surface area contributed by atoms with Crippen molar-refractivity contribution < 1.29 is 32.8 Å². The van der Waals surface area contributed by atoms with Gasteiger partial charge in [0.15, 0.2) is 23.9 Å². The van der Waals surface area contributed by atoms with E-state index in [1.165, 1.54) is 6.92 Å². The highest BCUT2D eigenvalue weighted by Gasteiger charge is 2.31. The fraction of sp³-hybridized carbons (Fsp3) is 0.467. The first kappa shape index (κ1) is 15.0. The number of amides is 2. The Bertz CT molecular complexity index is 846. The minimum atomic E-state index is -2.86. The standard InChI is InChI=1S/C15H19N5O6/c1-6(25-8(3)22)12(26-9(4)23)10-5-16-13-11(18-10)14(24)20-15(19-13)17-7(2)21/h5-6,12,15H,1-4H3,(H,16,19)(H,17,21)(H,20,24)/t6-,12-,15?/m0/s1/i1D3. The maximum atomic E-state index is 12.3. The number of rotatable bonds is 5. The lowest BCUT2D eigenvalue weighted by molar-refractivity contribution is -0.164. The third kappa shape index (κ3) is 4.65. The van der Waals surface area contributed by atoms with Crippen LogP contribution in [0.4, 0.5) is 5.82 Å². The molecular formula is C15H19N5O6. The molecule has 2 rings (SSSR count). The number of anilines is 1. The Balaban J connectivity index is 2.44. The Kier molecular flexibility index (Phi) is 4.49. The number of hydrogen-bond acceptors (Lipinski definition) is 9. The van der Waals surface area contributed by atoms with Gasteiger partial charge in [-0.15, -0.1) is 0 Å². The van der Waals surface area contributed by atoms with E-state index in [-0.39, 0.29) is 17.2 Å². The maximum absolute atomic E-state index is 12.3. The molecule has 0 saturated heterocycles. The Hall–Kier alpha value is -3.24. The zero-order chi connectivity index (χ0) is 21.9. The summed E-state index contributed by atoms with van der Waals surface area (Å²) in [4.78, 5) is 54.4. The Morgan fingerprint density at radius 3 is 2.50 bits per heavy atom. The molecule has 1 unspecified atom stereocenters. The van der Waals surface area contributed by atoms with Crippen LogP contribution in [0.2, 0.25) is 0 Å². The third-order valence-electron chi connectivity index (χ3n) is 3.06. The third-order valence-corrected chi connectivity index (χ3v) is 3.06. The molecule has 1 aromatic rings. The number of carbonyl (C=O) groups is 4. The van der Waals surface area contributed by atoms with Crippen LogP contribution < -0.4 is 16.0 Å². The highest BCUT2D eigenvalue weighted by atomic mass is 16.6. The lowest BCUT2D eigenvalue weighted by Crippen LogP contribution is -2.55. The van der Waals surface area contributed by atoms with Crippen LogP contribution in [0.5, 0.6) is 0 Å². The van der Waals surface area contributed by atoms with E-state index in [0.29, 0.717) is 0 Å². The summed E-state index contributed by atoms with van der Waals surface area (Å²) in [5, 5.41) is 7.55. The van der Waals surface area contributed by atoms with Crippen LogP contribution in [0.3, 0.4) is 0 Å². The SMILES string of the molecule is [2H]C([2H])([2H])[C@H](OC(C)=O)[C@H](OC(C)=O)c1cnc2c(n1)C(=O)NC(NC(C)=O)N2. The van der Waals surface area contributed by atoms with Gasteiger partial charge < -0.3 is 25.4 Å². The highest BCUT2D eigenvalue weighted by Crippen LogP contribution is 2.25. The van der Waals surface area contributed by atoms with Gasteiger partial charge in [-0.1, -0.05) is 0 Å². The lowest BCUT2D eigenvalue weighted by atomic mass is 10.1. The van der Waals surface area contributed by atoms with Gasteiger partial charge in [0.1, 0.15) is 11.8 Å². The number of aromatic nitrogens is 2. The summed E-state index contributed by atoms with van der Waals surface area (Å²) < 4.78 is 32.7. The Morgan fingerprint density at radius 2 is 1.92 bits per heavy atom. The van der Waals surface area contributed by atoms with Gasteiger partial charge in [-0.2, -0.15) is 0 Å². The predicted molar refractivity (Wildman–Crippen MR) is 86.5 cm³/mol. The van der Waals surface area contributed by atoms with Gasteiger partial charge in [0.2, 0.25) is 5.91 Å². The highest BCUT2D eigenvalue weighted by molar-refractivity contribution is 5.99. The second-order valence-electron chi connectivity index (χ2n) is 5.30. The molecule has 140 valence electrons. The number of esters is 2. The normalized spacial score (nSPS) is 19.9. The number of nitrogens with zero attached hydrogens (tertiary/aromatic N) is 2. The molecule has 0 saturated carbocycles. The van der Waals surface area contributed by atoms with Gasteiger partial charge >= 0.3 is 11.9 Å². The minimum absolute atomic E-state index is 0.00995. The quantitative estimate of drug-likeness (QED) is 0.590. The van der Waals surface area contributed by atoms with E-state index in [1.807, 2.05) is 0 Å². The molecule has 26 heavy (non-hydrogen) atoms. The van der Waals surface area contributed by atoms with Crippen molar-refractivity contribution in [3.8, 4) is 0 Å².